The predicted octanol–water partition coefficient (Wildman–Crippen LogP) is 1.72. The molecule has 0 heterocycles. The Morgan fingerprint density at radius 2 is 0.895 bits per heavy atom. The minimum atomic E-state index is 0. The van der Waals surface area contributed by atoms with Crippen LogP contribution in [0.5, 0.6) is 0 Å². The Kier molecular flexibility index (Phi) is 18.3. The zero-order chi connectivity index (χ0) is 11.6. The van der Waals surface area contributed by atoms with Crippen LogP contribution in [0, 0.1) is 0 Å². The molecule has 2 rings (SSSR count). The molecule has 0 bridgehead atoms. The summed E-state index contributed by atoms with van der Waals surface area (Å²) in [5, 5.41) is 0. The first-order chi connectivity index (χ1) is 7.86. The van der Waals surface area contributed by atoms with Gasteiger partial charge in [0.05, 0.1) is 12.6 Å². The smallest absolute Gasteiger partial charge is 0.412 e. The molecule has 19 heavy (non-hydrogen) atoms. The van der Waals surface area contributed by atoms with Crippen LogP contribution in [0.15, 0.2) is 60.7 Å². The van der Waals surface area contributed by atoms with Gasteiger partial charge in [0.25, 0.3) is 0 Å². The first-order valence-corrected chi connectivity index (χ1v) is 4.73. The van der Waals surface area contributed by atoms with Crippen LogP contribution in [-0.2, 0) is 9.59 Å². The van der Waals surface area contributed by atoms with Crippen LogP contribution in [0.25, 0.3) is 0 Å². The van der Waals surface area contributed by atoms with Crippen LogP contribution >= 0.6 is 0 Å². The van der Waals surface area contributed by atoms with Gasteiger partial charge in [0.2, 0.25) is 0 Å². The molecule has 0 atom stereocenters. The molecular formula is C15H16CaO3. The topological polar surface area (TPSA) is 65.6 Å². The van der Waals surface area contributed by atoms with Crippen molar-refractivity contribution in [2.45, 2.75) is 7.43 Å². The second-order valence-corrected chi connectivity index (χ2v) is 2.94. The summed E-state index contributed by atoms with van der Waals surface area (Å²) in [7, 11) is 0. The molecule has 0 aromatic heterocycles. The van der Waals surface area contributed by atoms with E-state index in [9.17, 15) is 9.59 Å². The quantitative estimate of drug-likeness (QED) is 0.622. The van der Waals surface area contributed by atoms with Gasteiger partial charge in [-0.3, -0.25) is 0 Å². The van der Waals surface area contributed by atoms with Gasteiger partial charge >= 0.3 is 37.7 Å². The molecule has 0 radical (unpaired) electrons. The molecule has 96 valence electrons. The van der Waals surface area contributed by atoms with Crippen molar-refractivity contribution in [1.29, 1.82) is 0 Å². The van der Waals surface area contributed by atoms with Crippen molar-refractivity contribution in [1.82, 2.24) is 0 Å². The van der Waals surface area contributed by atoms with Gasteiger partial charge in [-0.25, -0.2) is 0 Å². The van der Waals surface area contributed by atoms with Gasteiger partial charge in [-0.2, -0.15) is 35.4 Å². The van der Waals surface area contributed by atoms with Crippen molar-refractivity contribution >= 4 is 50.3 Å². The SMILES string of the molecule is C.O.O=[C-]c1ccccc1.O=[C-]c1ccccc1.[Ca+2]. The summed E-state index contributed by atoms with van der Waals surface area (Å²) in [5.41, 5.74) is 1.21. The summed E-state index contributed by atoms with van der Waals surface area (Å²) in [6, 6.07) is 17.8. The number of hydrogen-bond acceptors (Lipinski definition) is 2. The maximum absolute atomic E-state index is 9.88. The molecule has 0 spiro atoms. The average molecular weight is 284 g/mol. The molecule has 2 aromatic carbocycles. The van der Waals surface area contributed by atoms with Crippen molar-refractivity contribution in [3.63, 3.8) is 0 Å². The van der Waals surface area contributed by atoms with E-state index in [0.29, 0.717) is 11.1 Å². The van der Waals surface area contributed by atoms with E-state index in [4.69, 9.17) is 0 Å². The largest absolute Gasteiger partial charge is 2.00 e. The van der Waals surface area contributed by atoms with Gasteiger partial charge in [-0.1, -0.05) is 19.6 Å². The standard InChI is InChI=1S/2C7H5O.CH4.Ca.H2O/c2*8-6-7-4-2-1-3-5-7;;;/h2*1-5H;1H4;;1H2/q2*-1;;+2;. The molecule has 0 aliphatic carbocycles. The van der Waals surface area contributed by atoms with E-state index < -0.39 is 0 Å². The Balaban J connectivity index is -0.000000233. The minimum absolute atomic E-state index is 0. The van der Waals surface area contributed by atoms with Gasteiger partial charge in [0.15, 0.2) is 0 Å². The Morgan fingerprint density at radius 1 is 0.632 bits per heavy atom. The van der Waals surface area contributed by atoms with Crippen LogP contribution in [-0.4, -0.2) is 55.8 Å². The molecule has 2 aromatic rings. The molecule has 0 amide bonds. The number of benzene rings is 2. The van der Waals surface area contributed by atoms with E-state index >= 15 is 0 Å². The Labute approximate surface area is 144 Å². The maximum atomic E-state index is 9.88. The third-order valence-corrected chi connectivity index (χ3v) is 1.78. The van der Waals surface area contributed by atoms with Crippen molar-refractivity contribution in [2.24, 2.45) is 0 Å². The second kappa shape index (κ2) is 15.1. The van der Waals surface area contributed by atoms with E-state index in [1.165, 1.54) is 0 Å². The maximum Gasteiger partial charge on any atom is 2.00 e. The molecule has 3 nitrogen and oxygen atoms in total. The molecule has 0 unspecified atom stereocenters. The Morgan fingerprint density at radius 3 is 1.05 bits per heavy atom. The first kappa shape index (κ1) is 23.1. The van der Waals surface area contributed by atoms with Crippen LogP contribution in [0.4, 0.5) is 0 Å². The molecular weight excluding hydrogens is 268 g/mol. The van der Waals surface area contributed by atoms with E-state index in [2.05, 4.69) is 0 Å². The van der Waals surface area contributed by atoms with Gasteiger partial charge < -0.3 is 15.1 Å². The summed E-state index contributed by atoms with van der Waals surface area (Å²) in [4.78, 5) is 19.8. The van der Waals surface area contributed by atoms with Crippen molar-refractivity contribution in [3.8, 4) is 0 Å². The average Bonchev–Trinajstić information content (AvgIpc) is 2.41. The fourth-order valence-electron chi connectivity index (χ4n) is 1.01. The van der Waals surface area contributed by atoms with E-state index in [1.807, 2.05) is 12.1 Å². The van der Waals surface area contributed by atoms with Crippen LogP contribution < -0.4 is 0 Å². The summed E-state index contributed by atoms with van der Waals surface area (Å²) >= 11 is 0. The number of rotatable bonds is 2. The zero-order valence-electron chi connectivity index (χ0n) is 9.80. The Hall–Kier alpha value is -1.00. The first-order valence-electron chi connectivity index (χ1n) is 4.73. The third kappa shape index (κ3) is 10.6. The normalized spacial score (nSPS) is 7.16. The number of hydrogen-bond donors (Lipinski definition) is 0. The van der Waals surface area contributed by atoms with E-state index in [1.54, 1.807) is 61.1 Å². The van der Waals surface area contributed by atoms with Crippen molar-refractivity contribution in [2.75, 3.05) is 0 Å². The van der Waals surface area contributed by atoms with Crippen molar-refractivity contribution < 1.29 is 15.1 Å². The number of carbonyl (C=O) groups excluding carboxylic acids is 2. The van der Waals surface area contributed by atoms with E-state index in [-0.39, 0.29) is 50.6 Å². The van der Waals surface area contributed by atoms with E-state index in [0.717, 1.165) is 0 Å². The summed E-state index contributed by atoms with van der Waals surface area (Å²) in [6.07, 6.45) is 3.55. The summed E-state index contributed by atoms with van der Waals surface area (Å²) < 4.78 is 0. The second-order valence-electron chi connectivity index (χ2n) is 2.94. The van der Waals surface area contributed by atoms with Gasteiger partial charge in [-0.05, 0) is 0 Å². The monoisotopic (exact) mass is 284 g/mol. The van der Waals surface area contributed by atoms with Gasteiger partial charge in [0, 0.05) is 0 Å². The van der Waals surface area contributed by atoms with Gasteiger partial charge in [-0.15, -0.1) is 24.3 Å². The Bertz CT molecular complexity index is 386. The molecule has 0 saturated carbocycles. The fraction of sp³-hybridized carbons (Fsp3) is 0.0667. The third-order valence-electron chi connectivity index (χ3n) is 1.78. The fourth-order valence-corrected chi connectivity index (χ4v) is 1.01. The molecule has 0 fully saturated rings. The molecule has 0 aliphatic rings. The molecule has 2 N–H and O–H groups in total. The van der Waals surface area contributed by atoms with Gasteiger partial charge in [0.1, 0.15) is 0 Å². The molecule has 0 aliphatic heterocycles. The molecule has 4 heteroatoms. The summed E-state index contributed by atoms with van der Waals surface area (Å²) in [6.45, 7) is 0. The van der Waals surface area contributed by atoms with Crippen LogP contribution in [0.3, 0.4) is 0 Å². The molecule has 0 saturated heterocycles. The summed E-state index contributed by atoms with van der Waals surface area (Å²) in [5.74, 6) is 0. The van der Waals surface area contributed by atoms with Crippen LogP contribution in [0.1, 0.15) is 18.6 Å². The minimum Gasteiger partial charge on any atom is -0.412 e. The zero-order valence-corrected chi connectivity index (χ0v) is 12.0. The van der Waals surface area contributed by atoms with Crippen molar-refractivity contribution in [3.05, 3.63) is 71.8 Å². The van der Waals surface area contributed by atoms with Crippen LogP contribution in [0.2, 0.25) is 0 Å². The predicted molar refractivity (Wildman–Crippen MR) is 78.6 cm³/mol.